The molecule has 138 valence electrons. The molecule has 0 spiro atoms. The number of hydrogen-bond donors (Lipinski definition) is 1. The predicted molar refractivity (Wildman–Crippen MR) is 106 cm³/mol. The largest absolute Gasteiger partial charge is 0.351 e. The summed E-state index contributed by atoms with van der Waals surface area (Å²) in [4.78, 5) is 13.2. The smallest absolute Gasteiger partial charge is 0.230 e. The number of benzene rings is 2. The summed E-state index contributed by atoms with van der Waals surface area (Å²) in [5.74, 6) is 0.153. The maximum absolute atomic E-state index is 13.2. The molecule has 1 aromatic heterocycles. The quantitative estimate of drug-likeness (QED) is 0.721. The van der Waals surface area contributed by atoms with E-state index in [2.05, 4.69) is 34.7 Å². The Balaban J connectivity index is 1.51. The maximum atomic E-state index is 13.2. The summed E-state index contributed by atoms with van der Waals surface area (Å²) in [5, 5.41) is 7.52. The summed E-state index contributed by atoms with van der Waals surface area (Å²) < 4.78 is 1.91. The Labute approximate surface area is 160 Å². The van der Waals surface area contributed by atoms with Crippen LogP contribution >= 0.6 is 0 Å². The molecule has 1 N–H and O–H groups in total. The van der Waals surface area contributed by atoms with Crippen molar-refractivity contribution >= 4 is 5.91 Å². The summed E-state index contributed by atoms with van der Waals surface area (Å²) >= 11 is 0. The molecule has 4 heteroatoms. The highest BCUT2D eigenvalue weighted by atomic mass is 16.2. The standard InChI is InChI=1S/C23H25N3O/c27-22(23(13-6-7-14-23)21-11-2-1-3-12-21)24-17-19-9-4-5-10-20(19)18-26-16-8-15-25-26/h1-5,8-12,15-16H,6-7,13-14,17-18H2,(H,24,27). The van der Waals surface area contributed by atoms with Crippen LogP contribution in [0.5, 0.6) is 0 Å². The van der Waals surface area contributed by atoms with Gasteiger partial charge in [0.05, 0.1) is 12.0 Å². The van der Waals surface area contributed by atoms with Crippen LogP contribution < -0.4 is 5.32 Å². The van der Waals surface area contributed by atoms with Gasteiger partial charge in [-0.2, -0.15) is 5.10 Å². The molecule has 2 aromatic carbocycles. The van der Waals surface area contributed by atoms with Crippen LogP contribution in [0.15, 0.2) is 73.1 Å². The van der Waals surface area contributed by atoms with E-state index in [1.54, 1.807) is 6.20 Å². The molecule has 1 amide bonds. The van der Waals surface area contributed by atoms with Gasteiger partial charge in [-0.25, -0.2) is 0 Å². The Hall–Kier alpha value is -2.88. The van der Waals surface area contributed by atoms with E-state index in [-0.39, 0.29) is 11.3 Å². The molecular formula is C23H25N3O. The van der Waals surface area contributed by atoms with E-state index in [0.717, 1.165) is 36.8 Å². The molecule has 0 aliphatic heterocycles. The highest BCUT2D eigenvalue weighted by molar-refractivity contribution is 5.88. The predicted octanol–water partition coefficient (Wildman–Crippen LogP) is 4.06. The summed E-state index contributed by atoms with van der Waals surface area (Å²) in [6, 6.07) is 20.4. The van der Waals surface area contributed by atoms with Gasteiger partial charge in [0.2, 0.25) is 5.91 Å². The SMILES string of the molecule is O=C(NCc1ccccc1Cn1cccn1)C1(c2ccccc2)CCCC1. The second-order valence-corrected chi connectivity index (χ2v) is 7.31. The van der Waals surface area contributed by atoms with Crippen molar-refractivity contribution in [2.45, 2.75) is 44.2 Å². The lowest BCUT2D eigenvalue weighted by Gasteiger charge is -2.28. The maximum Gasteiger partial charge on any atom is 0.230 e. The van der Waals surface area contributed by atoms with Gasteiger partial charge in [-0.15, -0.1) is 0 Å². The molecule has 1 heterocycles. The third-order valence-electron chi connectivity index (χ3n) is 5.67. The van der Waals surface area contributed by atoms with E-state index in [1.165, 1.54) is 5.56 Å². The second kappa shape index (κ2) is 7.78. The minimum atomic E-state index is -0.377. The van der Waals surface area contributed by atoms with E-state index in [4.69, 9.17) is 0 Å². The van der Waals surface area contributed by atoms with Crippen molar-refractivity contribution in [3.8, 4) is 0 Å². The molecule has 0 atom stereocenters. The molecule has 0 bridgehead atoms. The summed E-state index contributed by atoms with van der Waals surface area (Å²) in [5.41, 5.74) is 3.09. The molecule has 0 unspecified atom stereocenters. The highest BCUT2D eigenvalue weighted by Gasteiger charge is 2.42. The molecule has 0 saturated heterocycles. The van der Waals surface area contributed by atoms with Crippen molar-refractivity contribution in [2.75, 3.05) is 0 Å². The fourth-order valence-electron chi connectivity index (χ4n) is 4.18. The van der Waals surface area contributed by atoms with E-state index >= 15 is 0 Å². The number of nitrogens with zero attached hydrogens (tertiary/aromatic N) is 2. The average Bonchev–Trinajstić information content (AvgIpc) is 3.40. The third kappa shape index (κ3) is 3.65. The fourth-order valence-corrected chi connectivity index (χ4v) is 4.18. The van der Waals surface area contributed by atoms with Crippen molar-refractivity contribution < 1.29 is 4.79 Å². The Morgan fingerprint density at radius 3 is 2.37 bits per heavy atom. The van der Waals surface area contributed by atoms with Crippen molar-refractivity contribution in [3.05, 3.63) is 89.7 Å². The molecule has 1 fully saturated rings. The Bertz CT molecular complexity index is 881. The number of carbonyl (C=O) groups excluding carboxylic acids is 1. The zero-order chi connectivity index (χ0) is 18.5. The number of amides is 1. The van der Waals surface area contributed by atoms with E-state index in [1.807, 2.05) is 47.3 Å². The van der Waals surface area contributed by atoms with Crippen LogP contribution in [0.3, 0.4) is 0 Å². The molecule has 1 aliphatic carbocycles. The minimum Gasteiger partial charge on any atom is -0.351 e. The Kier molecular flexibility index (Phi) is 5.05. The van der Waals surface area contributed by atoms with Crippen molar-refractivity contribution in [2.24, 2.45) is 0 Å². The lowest BCUT2D eigenvalue weighted by atomic mass is 9.78. The van der Waals surface area contributed by atoms with Crippen molar-refractivity contribution in [1.29, 1.82) is 0 Å². The average molecular weight is 359 g/mol. The molecular weight excluding hydrogens is 334 g/mol. The lowest BCUT2D eigenvalue weighted by Crippen LogP contribution is -2.42. The van der Waals surface area contributed by atoms with E-state index in [0.29, 0.717) is 13.1 Å². The van der Waals surface area contributed by atoms with Gasteiger partial charge >= 0.3 is 0 Å². The number of aromatic nitrogens is 2. The van der Waals surface area contributed by atoms with Gasteiger partial charge in [-0.05, 0) is 35.6 Å². The first kappa shape index (κ1) is 17.5. The van der Waals surface area contributed by atoms with Crippen LogP contribution in [0.1, 0.15) is 42.4 Å². The van der Waals surface area contributed by atoms with Gasteiger partial charge in [0.15, 0.2) is 0 Å². The third-order valence-corrected chi connectivity index (χ3v) is 5.67. The monoisotopic (exact) mass is 359 g/mol. The first-order valence-corrected chi connectivity index (χ1v) is 9.66. The normalized spacial score (nSPS) is 15.6. The highest BCUT2D eigenvalue weighted by Crippen LogP contribution is 2.41. The van der Waals surface area contributed by atoms with Gasteiger partial charge in [-0.3, -0.25) is 9.48 Å². The van der Waals surface area contributed by atoms with Crippen LogP contribution in [-0.4, -0.2) is 15.7 Å². The van der Waals surface area contributed by atoms with E-state index < -0.39 is 0 Å². The van der Waals surface area contributed by atoms with Gasteiger partial charge in [0.25, 0.3) is 0 Å². The fraction of sp³-hybridized carbons (Fsp3) is 0.304. The van der Waals surface area contributed by atoms with Crippen LogP contribution in [0.2, 0.25) is 0 Å². The van der Waals surface area contributed by atoms with Crippen LogP contribution in [0, 0.1) is 0 Å². The lowest BCUT2D eigenvalue weighted by molar-refractivity contribution is -0.126. The van der Waals surface area contributed by atoms with Gasteiger partial charge in [0, 0.05) is 18.9 Å². The number of nitrogens with one attached hydrogen (secondary N) is 1. The first-order valence-electron chi connectivity index (χ1n) is 9.66. The zero-order valence-corrected chi connectivity index (χ0v) is 15.5. The van der Waals surface area contributed by atoms with E-state index in [9.17, 15) is 4.79 Å². The Morgan fingerprint density at radius 2 is 1.67 bits per heavy atom. The Morgan fingerprint density at radius 1 is 0.963 bits per heavy atom. The summed E-state index contributed by atoms with van der Waals surface area (Å²) in [6.07, 6.45) is 7.82. The number of carbonyl (C=O) groups is 1. The van der Waals surface area contributed by atoms with Crippen LogP contribution in [-0.2, 0) is 23.3 Å². The number of hydrogen-bond acceptors (Lipinski definition) is 2. The van der Waals surface area contributed by atoms with Crippen molar-refractivity contribution in [3.63, 3.8) is 0 Å². The zero-order valence-electron chi connectivity index (χ0n) is 15.5. The van der Waals surface area contributed by atoms with Gasteiger partial charge < -0.3 is 5.32 Å². The molecule has 4 nitrogen and oxygen atoms in total. The summed E-state index contributed by atoms with van der Waals surface area (Å²) in [6.45, 7) is 1.26. The number of rotatable bonds is 6. The second-order valence-electron chi connectivity index (χ2n) is 7.31. The molecule has 1 aliphatic rings. The molecule has 0 radical (unpaired) electrons. The summed E-state index contributed by atoms with van der Waals surface area (Å²) in [7, 11) is 0. The van der Waals surface area contributed by atoms with Crippen LogP contribution in [0.25, 0.3) is 0 Å². The van der Waals surface area contributed by atoms with Crippen LogP contribution in [0.4, 0.5) is 0 Å². The van der Waals surface area contributed by atoms with Gasteiger partial charge in [0.1, 0.15) is 0 Å². The molecule has 4 rings (SSSR count). The topological polar surface area (TPSA) is 46.9 Å². The first-order chi connectivity index (χ1) is 13.3. The molecule has 3 aromatic rings. The molecule has 1 saturated carbocycles. The van der Waals surface area contributed by atoms with Gasteiger partial charge in [-0.1, -0.05) is 67.4 Å². The minimum absolute atomic E-state index is 0.153. The molecule has 27 heavy (non-hydrogen) atoms. The van der Waals surface area contributed by atoms with Crippen molar-refractivity contribution in [1.82, 2.24) is 15.1 Å².